The molecule has 1 unspecified atom stereocenters. The monoisotopic (exact) mass is 251 g/mol. The van der Waals surface area contributed by atoms with Gasteiger partial charge in [-0.1, -0.05) is 0 Å². The lowest BCUT2D eigenvalue weighted by atomic mass is 10.1. The summed E-state index contributed by atoms with van der Waals surface area (Å²) in [5.41, 5.74) is -3.88. The third-order valence-corrected chi connectivity index (χ3v) is 3.36. The minimum atomic E-state index is -5.30. The molecule has 86 valence electrons. The summed E-state index contributed by atoms with van der Waals surface area (Å²) in [4.78, 5) is 16.9. The highest BCUT2D eigenvalue weighted by molar-refractivity contribution is 7.53. The Labute approximate surface area is 86.6 Å². The van der Waals surface area contributed by atoms with Crippen LogP contribution in [-0.4, -0.2) is 28.0 Å². The van der Waals surface area contributed by atoms with Crippen molar-refractivity contribution in [1.82, 2.24) is 0 Å². The van der Waals surface area contributed by atoms with Gasteiger partial charge in [0.25, 0.3) is 0 Å². The van der Waals surface area contributed by atoms with E-state index in [0.29, 0.717) is 13.0 Å². The normalized spacial score (nSPS) is 24.1. The highest BCUT2D eigenvalue weighted by Crippen LogP contribution is 2.54. The quantitative estimate of drug-likeness (QED) is 0.455. The molecule has 0 aromatic carbocycles. The van der Waals surface area contributed by atoms with E-state index in [-0.39, 0.29) is 18.8 Å². The number of halogens is 3. The van der Waals surface area contributed by atoms with Crippen LogP contribution in [0.2, 0.25) is 0 Å². The first kappa shape index (κ1) is 14.3. The fourth-order valence-electron chi connectivity index (χ4n) is 1.48. The molecule has 4 nitrogen and oxygen atoms in total. The maximum absolute atomic E-state index is 13.0. The average Bonchev–Trinajstić information content (AvgIpc) is 2.04. The van der Waals surface area contributed by atoms with Crippen molar-refractivity contribution >= 4 is 7.60 Å². The van der Waals surface area contributed by atoms with Crippen LogP contribution in [0.3, 0.4) is 0 Å². The molecule has 14 heavy (non-hydrogen) atoms. The molecule has 0 spiro atoms. The standard InChI is InChI=1S/C6H12F2NO3P.ClH/c7-6(8,13(10,11)12)5-3-1-2-4-9-5;/h5,9H,1-4H2,(H2,10,11,12);1H. The number of hydrogen-bond acceptors (Lipinski definition) is 1. The Kier molecular flexibility index (Phi) is 4.95. The van der Waals surface area contributed by atoms with Crippen LogP contribution in [0.4, 0.5) is 8.78 Å². The van der Waals surface area contributed by atoms with E-state index >= 15 is 0 Å². The number of rotatable bonds is 2. The van der Waals surface area contributed by atoms with E-state index in [1.54, 1.807) is 0 Å². The minimum Gasteiger partial charge on any atom is -1.00 e. The van der Waals surface area contributed by atoms with Crippen LogP contribution in [0, 0.1) is 0 Å². The third kappa shape index (κ3) is 2.87. The molecular weight excluding hydrogens is 238 g/mol. The predicted molar refractivity (Wildman–Crippen MR) is 41.4 cm³/mol. The largest absolute Gasteiger partial charge is 1.00 e. The smallest absolute Gasteiger partial charge is 0.401 e. The minimum absolute atomic E-state index is 0. The third-order valence-electron chi connectivity index (χ3n) is 2.25. The molecule has 0 bridgehead atoms. The lowest BCUT2D eigenvalue weighted by Crippen LogP contribution is -3.00. The van der Waals surface area contributed by atoms with E-state index in [2.05, 4.69) is 0 Å². The van der Waals surface area contributed by atoms with E-state index in [1.165, 1.54) is 5.32 Å². The zero-order valence-electron chi connectivity index (χ0n) is 7.37. The van der Waals surface area contributed by atoms with Crippen molar-refractivity contribution in [2.45, 2.75) is 31.0 Å². The van der Waals surface area contributed by atoms with Crippen molar-refractivity contribution in [3.8, 4) is 0 Å². The van der Waals surface area contributed by atoms with Crippen LogP contribution in [0.25, 0.3) is 0 Å². The van der Waals surface area contributed by atoms with Crippen LogP contribution in [0.15, 0.2) is 0 Å². The molecule has 0 amide bonds. The van der Waals surface area contributed by atoms with Gasteiger partial charge in [-0.05, 0) is 12.8 Å². The molecule has 8 heteroatoms. The number of piperidine rings is 1. The molecule has 0 aromatic rings. The Hall–Kier alpha value is 0.260. The molecule has 1 atom stereocenters. The molecule has 0 radical (unpaired) electrons. The van der Waals surface area contributed by atoms with Gasteiger partial charge in [0.2, 0.25) is 0 Å². The van der Waals surface area contributed by atoms with Crippen molar-refractivity contribution in [2.24, 2.45) is 0 Å². The van der Waals surface area contributed by atoms with Crippen molar-refractivity contribution in [3.05, 3.63) is 0 Å². The van der Waals surface area contributed by atoms with Gasteiger partial charge < -0.3 is 27.5 Å². The van der Waals surface area contributed by atoms with Crippen molar-refractivity contribution in [1.29, 1.82) is 0 Å². The Morgan fingerprint density at radius 2 is 1.93 bits per heavy atom. The average molecular weight is 252 g/mol. The highest BCUT2D eigenvalue weighted by atomic mass is 35.5. The highest BCUT2D eigenvalue weighted by Gasteiger charge is 2.57. The van der Waals surface area contributed by atoms with Gasteiger partial charge >= 0.3 is 13.3 Å². The van der Waals surface area contributed by atoms with Crippen LogP contribution in [0.5, 0.6) is 0 Å². The Morgan fingerprint density at radius 3 is 2.29 bits per heavy atom. The molecule has 1 saturated heterocycles. The number of nitrogens with two attached hydrogens (primary N) is 1. The maximum Gasteiger partial charge on any atom is 0.401 e. The molecule has 1 fully saturated rings. The van der Waals surface area contributed by atoms with Crippen LogP contribution < -0.4 is 17.7 Å². The van der Waals surface area contributed by atoms with Crippen LogP contribution in [0.1, 0.15) is 19.3 Å². The van der Waals surface area contributed by atoms with Gasteiger partial charge in [0.15, 0.2) is 6.04 Å². The zero-order chi connectivity index (χ0) is 10.1. The van der Waals surface area contributed by atoms with E-state index < -0.39 is 19.3 Å². The molecular formula is C6H13ClF2NO3P. The molecule has 1 aliphatic rings. The van der Waals surface area contributed by atoms with Crippen LogP contribution >= 0.6 is 7.60 Å². The first-order valence-corrected chi connectivity index (χ1v) is 5.74. The molecule has 1 aliphatic heterocycles. The van der Waals surface area contributed by atoms with Crippen molar-refractivity contribution in [2.75, 3.05) is 6.54 Å². The Morgan fingerprint density at radius 1 is 1.36 bits per heavy atom. The SMILES string of the molecule is O=P(O)(O)C(F)(F)C1CCCC[NH2+]1.[Cl-]. The number of hydrogen-bond donors (Lipinski definition) is 3. The molecule has 0 saturated carbocycles. The first-order chi connectivity index (χ1) is 5.86. The first-order valence-electron chi connectivity index (χ1n) is 4.12. The van der Waals surface area contributed by atoms with E-state index in [0.717, 1.165) is 6.42 Å². The summed E-state index contributed by atoms with van der Waals surface area (Å²) in [5, 5.41) is 1.32. The summed E-state index contributed by atoms with van der Waals surface area (Å²) < 4.78 is 36.5. The fraction of sp³-hybridized carbons (Fsp3) is 1.00. The van der Waals surface area contributed by atoms with Gasteiger partial charge in [-0.15, -0.1) is 0 Å². The Balaban J connectivity index is 0.00000169. The van der Waals surface area contributed by atoms with Crippen molar-refractivity contribution < 1.29 is 40.9 Å². The summed E-state index contributed by atoms with van der Waals surface area (Å²) in [6.07, 6.45) is 1.60. The molecule has 1 heterocycles. The van der Waals surface area contributed by atoms with Gasteiger partial charge in [-0.3, -0.25) is 4.57 Å². The van der Waals surface area contributed by atoms with Gasteiger partial charge in [0, 0.05) is 6.42 Å². The van der Waals surface area contributed by atoms with E-state index in [1.807, 2.05) is 0 Å². The fourth-order valence-corrected chi connectivity index (χ4v) is 2.14. The van der Waals surface area contributed by atoms with Crippen LogP contribution in [-0.2, 0) is 4.57 Å². The van der Waals surface area contributed by atoms with Crippen molar-refractivity contribution in [3.63, 3.8) is 0 Å². The molecule has 4 N–H and O–H groups in total. The lowest BCUT2D eigenvalue weighted by molar-refractivity contribution is -0.710. The van der Waals surface area contributed by atoms with Gasteiger partial charge in [-0.2, -0.15) is 8.78 Å². The predicted octanol–water partition coefficient (Wildman–Crippen LogP) is -3.12. The second kappa shape index (κ2) is 4.86. The molecule has 0 aromatic heterocycles. The zero-order valence-corrected chi connectivity index (χ0v) is 9.02. The van der Waals surface area contributed by atoms with E-state index in [4.69, 9.17) is 9.79 Å². The lowest BCUT2D eigenvalue weighted by Gasteiger charge is -2.27. The van der Waals surface area contributed by atoms with E-state index in [9.17, 15) is 13.3 Å². The van der Waals surface area contributed by atoms with Gasteiger partial charge in [0.1, 0.15) is 0 Å². The summed E-state index contributed by atoms with van der Waals surface area (Å²) in [7, 11) is -5.30. The number of alkyl halides is 2. The topological polar surface area (TPSA) is 74.1 Å². The number of quaternary nitrogens is 1. The summed E-state index contributed by atoms with van der Waals surface area (Å²) >= 11 is 0. The van der Waals surface area contributed by atoms with Gasteiger partial charge in [0.05, 0.1) is 6.54 Å². The molecule has 1 rings (SSSR count). The second-order valence-electron chi connectivity index (χ2n) is 3.26. The molecule has 0 aliphatic carbocycles. The summed E-state index contributed by atoms with van der Waals surface area (Å²) in [6, 6.07) is -1.26. The maximum atomic E-state index is 13.0. The second-order valence-corrected chi connectivity index (χ2v) is 4.94. The van der Waals surface area contributed by atoms with Gasteiger partial charge in [-0.25, -0.2) is 0 Å². The summed E-state index contributed by atoms with van der Waals surface area (Å²) in [5.74, 6) is 0. The Bertz CT molecular complexity index is 229. The summed E-state index contributed by atoms with van der Waals surface area (Å²) in [6.45, 7) is 0.514.